The summed E-state index contributed by atoms with van der Waals surface area (Å²) >= 11 is 6.22. The van der Waals surface area contributed by atoms with Crippen molar-refractivity contribution in [2.45, 2.75) is 52.7 Å². The van der Waals surface area contributed by atoms with Crippen LogP contribution in [0.3, 0.4) is 0 Å². The molecule has 0 aromatic heterocycles. The van der Waals surface area contributed by atoms with Crippen molar-refractivity contribution in [3.05, 3.63) is 58.6 Å². The van der Waals surface area contributed by atoms with Crippen LogP contribution < -0.4 is 14.4 Å². The summed E-state index contributed by atoms with van der Waals surface area (Å²) in [6.07, 6.45) is 1.38. The molecule has 2 rings (SSSR count). The van der Waals surface area contributed by atoms with Crippen molar-refractivity contribution in [3.63, 3.8) is 0 Å². The maximum absolute atomic E-state index is 13.7. The molecular formula is C25H34ClN3O5S. The summed E-state index contributed by atoms with van der Waals surface area (Å²) in [5.74, 6) is -0.203. The molecule has 0 spiro atoms. The van der Waals surface area contributed by atoms with Gasteiger partial charge in [-0.2, -0.15) is 0 Å². The molecule has 0 fully saturated rings. The first-order valence-corrected chi connectivity index (χ1v) is 13.6. The number of nitrogens with zero attached hydrogens (tertiary/aromatic N) is 2. The molecule has 0 heterocycles. The fraction of sp³-hybridized carbons (Fsp3) is 0.440. The zero-order valence-electron chi connectivity index (χ0n) is 21.0. The lowest BCUT2D eigenvalue weighted by atomic mass is 10.1. The number of carbonyl (C=O) groups excluding carboxylic acids is 2. The molecule has 0 aliphatic carbocycles. The maximum Gasteiger partial charge on any atom is 0.244 e. The molecule has 10 heteroatoms. The van der Waals surface area contributed by atoms with Gasteiger partial charge in [0, 0.05) is 17.6 Å². The Labute approximate surface area is 213 Å². The van der Waals surface area contributed by atoms with Gasteiger partial charge in [0.2, 0.25) is 21.8 Å². The Hall–Kier alpha value is -2.78. The molecule has 0 bridgehead atoms. The molecule has 0 unspecified atom stereocenters. The summed E-state index contributed by atoms with van der Waals surface area (Å²) in [6.45, 7) is 6.91. The Kier molecular flexibility index (Phi) is 9.97. The molecule has 0 radical (unpaired) electrons. The molecule has 2 amide bonds. The maximum atomic E-state index is 13.7. The number of carbonyl (C=O) groups is 2. The summed E-state index contributed by atoms with van der Waals surface area (Å²) in [4.78, 5) is 28.1. The van der Waals surface area contributed by atoms with Gasteiger partial charge in [0.1, 0.15) is 18.3 Å². The van der Waals surface area contributed by atoms with Gasteiger partial charge in [-0.1, -0.05) is 36.7 Å². The Bertz CT molecular complexity index is 1150. The topological polar surface area (TPSA) is 96.0 Å². The normalized spacial score (nSPS) is 12.2. The molecule has 8 nitrogen and oxygen atoms in total. The first kappa shape index (κ1) is 28.5. The molecule has 0 aliphatic rings. The van der Waals surface area contributed by atoms with Gasteiger partial charge in [0.05, 0.1) is 19.1 Å². The van der Waals surface area contributed by atoms with Crippen molar-refractivity contribution in [2.24, 2.45) is 0 Å². The van der Waals surface area contributed by atoms with Crippen LogP contribution in [-0.2, 0) is 26.2 Å². The van der Waals surface area contributed by atoms with Crippen molar-refractivity contribution >= 4 is 39.1 Å². The van der Waals surface area contributed by atoms with Crippen LogP contribution in [0.25, 0.3) is 0 Å². The zero-order chi connectivity index (χ0) is 26.3. The molecule has 192 valence electrons. The molecule has 35 heavy (non-hydrogen) atoms. The van der Waals surface area contributed by atoms with E-state index in [2.05, 4.69) is 5.32 Å². The third-order valence-electron chi connectivity index (χ3n) is 5.43. The summed E-state index contributed by atoms with van der Waals surface area (Å²) in [5.41, 5.74) is 1.81. The third kappa shape index (κ3) is 7.86. The molecule has 2 aromatic carbocycles. The fourth-order valence-corrected chi connectivity index (χ4v) is 4.63. The minimum Gasteiger partial charge on any atom is -0.497 e. The second kappa shape index (κ2) is 12.3. The standard InChI is InChI=1S/C25H34ClN3O5S/c1-7-23(25(31)27-17(2)3)28(15-19-9-8-10-21(13-19)34-5)24(30)16-29(35(6,32)33)20-12-11-18(4)22(26)14-20/h8-14,17,23H,7,15-16H2,1-6H3,(H,27,31)/t23-/m0/s1. The van der Waals surface area contributed by atoms with Crippen LogP contribution in [0, 0.1) is 6.92 Å². The van der Waals surface area contributed by atoms with E-state index in [1.807, 2.05) is 26.8 Å². The number of sulfonamides is 1. The van der Waals surface area contributed by atoms with Crippen LogP contribution in [0.2, 0.25) is 5.02 Å². The van der Waals surface area contributed by atoms with E-state index in [4.69, 9.17) is 16.3 Å². The van der Waals surface area contributed by atoms with Gasteiger partial charge in [0.25, 0.3) is 0 Å². The fourth-order valence-electron chi connectivity index (χ4n) is 3.62. The number of methoxy groups -OCH3 is 1. The number of hydrogen-bond acceptors (Lipinski definition) is 5. The van der Waals surface area contributed by atoms with E-state index in [1.165, 1.54) is 11.0 Å². The van der Waals surface area contributed by atoms with Crippen LogP contribution in [0.15, 0.2) is 42.5 Å². The lowest BCUT2D eigenvalue weighted by Gasteiger charge is -2.33. The quantitative estimate of drug-likeness (QED) is 0.484. The summed E-state index contributed by atoms with van der Waals surface area (Å²) in [7, 11) is -2.28. The van der Waals surface area contributed by atoms with Gasteiger partial charge in [-0.15, -0.1) is 0 Å². The summed E-state index contributed by atoms with van der Waals surface area (Å²) in [5, 5.41) is 3.25. The van der Waals surface area contributed by atoms with Crippen molar-refractivity contribution in [2.75, 3.05) is 24.2 Å². The van der Waals surface area contributed by atoms with Crippen LogP contribution in [-0.4, -0.2) is 57.1 Å². The SMILES string of the molecule is CC[C@@H](C(=O)NC(C)C)N(Cc1cccc(OC)c1)C(=O)CN(c1ccc(C)c(Cl)c1)S(C)(=O)=O. The lowest BCUT2D eigenvalue weighted by molar-refractivity contribution is -0.140. The average molecular weight is 524 g/mol. The predicted octanol–water partition coefficient (Wildman–Crippen LogP) is 3.76. The van der Waals surface area contributed by atoms with Crippen molar-refractivity contribution in [1.29, 1.82) is 0 Å². The van der Waals surface area contributed by atoms with Crippen molar-refractivity contribution in [3.8, 4) is 5.75 Å². The van der Waals surface area contributed by atoms with E-state index in [0.29, 0.717) is 17.2 Å². The number of aryl methyl sites for hydroxylation is 1. The van der Waals surface area contributed by atoms with Crippen molar-refractivity contribution < 1.29 is 22.7 Å². The molecular weight excluding hydrogens is 490 g/mol. The minimum atomic E-state index is -3.82. The first-order valence-electron chi connectivity index (χ1n) is 11.3. The smallest absolute Gasteiger partial charge is 0.244 e. The monoisotopic (exact) mass is 523 g/mol. The minimum absolute atomic E-state index is 0.103. The number of ether oxygens (including phenoxy) is 1. The van der Waals surface area contributed by atoms with E-state index in [9.17, 15) is 18.0 Å². The summed E-state index contributed by atoms with van der Waals surface area (Å²) < 4.78 is 31.6. The van der Waals surface area contributed by atoms with Gasteiger partial charge >= 0.3 is 0 Å². The highest BCUT2D eigenvalue weighted by molar-refractivity contribution is 7.92. The van der Waals surface area contributed by atoms with Crippen LogP contribution in [0.5, 0.6) is 5.75 Å². The number of anilines is 1. The van der Waals surface area contributed by atoms with E-state index in [0.717, 1.165) is 21.7 Å². The van der Waals surface area contributed by atoms with Gasteiger partial charge < -0.3 is 15.0 Å². The number of benzene rings is 2. The largest absolute Gasteiger partial charge is 0.497 e. The van der Waals surface area contributed by atoms with Gasteiger partial charge in [-0.25, -0.2) is 8.42 Å². The van der Waals surface area contributed by atoms with Crippen LogP contribution in [0.1, 0.15) is 38.3 Å². The van der Waals surface area contributed by atoms with Gasteiger partial charge in [0.15, 0.2) is 0 Å². The average Bonchev–Trinajstić information content (AvgIpc) is 2.78. The highest BCUT2D eigenvalue weighted by Gasteiger charge is 2.32. The van der Waals surface area contributed by atoms with E-state index in [1.54, 1.807) is 44.4 Å². The number of amides is 2. The second-order valence-electron chi connectivity index (χ2n) is 8.66. The van der Waals surface area contributed by atoms with E-state index < -0.39 is 28.5 Å². The zero-order valence-corrected chi connectivity index (χ0v) is 22.6. The Morgan fingerprint density at radius 2 is 1.83 bits per heavy atom. The Morgan fingerprint density at radius 3 is 2.37 bits per heavy atom. The third-order valence-corrected chi connectivity index (χ3v) is 6.97. The lowest BCUT2D eigenvalue weighted by Crippen LogP contribution is -2.53. The number of rotatable bonds is 11. The van der Waals surface area contributed by atoms with E-state index >= 15 is 0 Å². The molecule has 0 aliphatic heterocycles. The van der Waals surface area contributed by atoms with Crippen LogP contribution in [0.4, 0.5) is 5.69 Å². The molecule has 1 atom stereocenters. The summed E-state index contributed by atoms with van der Waals surface area (Å²) in [6, 6.07) is 11.1. The molecule has 0 saturated heterocycles. The Balaban J connectivity index is 2.47. The van der Waals surface area contributed by atoms with Gasteiger partial charge in [-0.3, -0.25) is 13.9 Å². The predicted molar refractivity (Wildman–Crippen MR) is 139 cm³/mol. The molecule has 0 saturated carbocycles. The number of hydrogen-bond donors (Lipinski definition) is 1. The molecule has 1 N–H and O–H groups in total. The van der Waals surface area contributed by atoms with E-state index in [-0.39, 0.29) is 24.2 Å². The van der Waals surface area contributed by atoms with Crippen LogP contribution >= 0.6 is 11.6 Å². The van der Waals surface area contributed by atoms with Gasteiger partial charge in [-0.05, 0) is 62.6 Å². The highest BCUT2D eigenvalue weighted by Crippen LogP contribution is 2.26. The number of halogens is 1. The number of nitrogens with one attached hydrogen (secondary N) is 1. The highest BCUT2D eigenvalue weighted by atomic mass is 35.5. The first-order chi connectivity index (χ1) is 16.4. The second-order valence-corrected chi connectivity index (χ2v) is 11.0. The molecule has 2 aromatic rings. The Morgan fingerprint density at radius 1 is 1.14 bits per heavy atom. The van der Waals surface area contributed by atoms with Crippen molar-refractivity contribution in [1.82, 2.24) is 10.2 Å².